The molecule has 2 heterocycles. The molecule has 7 nitrogen and oxygen atoms in total. The van der Waals surface area contributed by atoms with Gasteiger partial charge in [0, 0.05) is 13.0 Å². The molecule has 0 bridgehead atoms. The molecule has 0 aliphatic heterocycles. The van der Waals surface area contributed by atoms with E-state index >= 15 is 0 Å². The number of rotatable bonds is 6. The van der Waals surface area contributed by atoms with Gasteiger partial charge in [-0.1, -0.05) is 12.1 Å². The van der Waals surface area contributed by atoms with Crippen LogP contribution in [0.5, 0.6) is 0 Å². The van der Waals surface area contributed by atoms with Gasteiger partial charge in [0.25, 0.3) is 0 Å². The monoisotopic (exact) mass is 302 g/mol. The van der Waals surface area contributed by atoms with E-state index in [2.05, 4.69) is 31.9 Å². The molecule has 0 atom stereocenters. The van der Waals surface area contributed by atoms with E-state index in [9.17, 15) is 4.79 Å². The van der Waals surface area contributed by atoms with Gasteiger partial charge in [-0.25, -0.2) is 9.67 Å². The van der Waals surface area contributed by atoms with Gasteiger partial charge in [0.2, 0.25) is 5.91 Å². The number of benzene rings is 1. The summed E-state index contributed by atoms with van der Waals surface area (Å²) < 4.78 is 2.60. The van der Waals surface area contributed by atoms with Crippen molar-refractivity contribution in [3.8, 4) is 0 Å². The molecule has 21 heavy (non-hydrogen) atoms. The van der Waals surface area contributed by atoms with Crippen LogP contribution < -0.4 is 5.32 Å². The fraction of sp³-hybridized carbons (Fsp3) is 0.308. The van der Waals surface area contributed by atoms with Gasteiger partial charge in [-0.2, -0.15) is 0 Å². The quantitative estimate of drug-likeness (QED) is 0.687. The van der Waals surface area contributed by atoms with Crippen LogP contribution in [0.25, 0.3) is 10.2 Å². The van der Waals surface area contributed by atoms with Crippen molar-refractivity contribution in [1.29, 1.82) is 0 Å². The van der Waals surface area contributed by atoms with Crippen molar-refractivity contribution in [3.05, 3.63) is 35.6 Å². The first-order chi connectivity index (χ1) is 10.3. The molecule has 3 aromatic rings. The van der Waals surface area contributed by atoms with Gasteiger partial charge < -0.3 is 5.32 Å². The molecule has 0 aliphatic carbocycles. The van der Waals surface area contributed by atoms with Crippen LogP contribution >= 0.6 is 11.3 Å². The van der Waals surface area contributed by atoms with Gasteiger partial charge in [-0.15, -0.1) is 16.4 Å². The van der Waals surface area contributed by atoms with Crippen LogP contribution in [0.3, 0.4) is 0 Å². The Morgan fingerprint density at radius 3 is 3.05 bits per heavy atom. The lowest BCUT2D eigenvalue weighted by molar-refractivity contribution is -0.121. The third-order valence-corrected chi connectivity index (χ3v) is 4.02. The van der Waals surface area contributed by atoms with Crippen molar-refractivity contribution in [2.24, 2.45) is 0 Å². The molecule has 0 aliphatic rings. The number of para-hydroxylation sites is 1. The zero-order valence-corrected chi connectivity index (χ0v) is 12.1. The van der Waals surface area contributed by atoms with E-state index in [4.69, 9.17) is 0 Å². The van der Waals surface area contributed by atoms with Crippen LogP contribution in [0.15, 0.2) is 30.6 Å². The second-order valence-corrected chi connectivity index (χ2v) is 5.65. The van der Waals surface area contributed by atoms with Crippen molar-refractivity contribution in [1.82, 2.24) is 30.5 Å². The molecule has 0 saturated heterocycles. The van der Waals surface area contributed by atoms with Crippen molar-refractivity contribution >= 4 is 27.5 Å². The molecule has 0 unspecified atom stereocenters. The molecule has 0 spiro atoms. The van der Waals surface area contributed by atoms with Crippen LogP contribution in [-0.4, -0.2) is 37.6 Å². The Morgan fingerprint density at radius 2 is 2.24 bits per heavy atom. The number of nitrogens with one attached hydrogen (secondary N) is 1. The zero-order chi connectivity index (χ0) is 14.5. The summed E-state index contributed by atoms with van der Waals surface area (Å²) in [5, 5.41) is 14.5. The van der Waals surface area contributed by atoms with Crippen molar-refractivity contribution in [3.63, 3.8) is 0 Å². The summed E-state index contributed by atoms with van der Waals surface area (Å²) in [4.78, 5) is 16.2. The predicted octanol–water partition coefficient (Wildman–Crippen LogP) is 1.03. The van der Waals surface area contributed by atoms with Gasteiger partial charge in [-0.05, 0) is 29.0 Å². The van der Waals surface area contributed by atoms with Gasteiger partial charge in [0.1, 0.15) is 12.9 Å². The van der Waals surface area contributed by atoms with E-state index in [1.165, 1.54) is 15.7 Å². The second-order valence-electron chi connectivity index (χ2n) is 4.54. The summed E-state index contributed by atoms with van der Waals surface area (Å²) in [6.07, 6.45) is 3.15. The first kappa shape index (κ1) is 13.6. The number of aromatic nitrogens is 5. The first-order valence-electron chi connectivity index (χ1n) is 6.63. The lowest BCUT2D eigenvalue weighted by Gasteiger charge is -2.03. The minimum atomic E-state index is -0.0911. The summed E-state index contributed by atoms with van der Waals surface area (Å²) in [6.45, 7) is 0.769. The molecule has 8 heteroatoms. The molecule has 1 N–H and O–H groups in total. The highest BCUT2D eigenvalue weighted by atomic mass is 32.1. The number of thiazole rings is 1. The van der Waals surface area contributed by atoms with Crippen molar-refractivity contribution in [2.45, 2.75) is 19.4 Å². The molecule has 1 amide bonds. The largest absolute Gasteiger partial charge is 0.354 e. The molecule has 0 radical (unpaired) electrons. The molecule has 3 rings (SSSR count). The van der Waals surface area contributed by atoms with Gasteiger partial charge in [0.05, 0.1) is 15.2 Å². The third-order valence-electron chi connectivity index (χ3n) is 2.92. The smallest absolute Gasteiger partial charge is 0.241 e. The fourth-order valence-electron chi connectivity index (χ4n) is 1.95. The predicted molar refractivity (Wildman–Crippen MR) is 78.8 cm³/mol. The molecular formula is C13H14N6OS. The Hall–Kier alpha value is -2.35. The Kier molecular flexibility index (Phi) is 4.15. The highest BCUT2D eigenvalue weighted by molar-refractivity contribution is 7.18. The number of fused-ring (bicyclic) bond motifs is 1. The highest BCUT2D eigenvalue weighted by Gasteiger charge is 2.05. The number of nitrogens with zero attached hydrogens (tertiary/aromatic N) is 5. The zero-order valence-electron chi connectivity index (χ0n) is 11.3. The Balaban J connectivity index is 1.42. The van der Waals surface area contributed by atoms with Crippen LogP contribution in [0.1, 0.15) is 11.4 Å². The standard InChI is InChI=1S/C13H14N6OS/c20-12(8-19-9-15-17-18-19)14-7-3-6-13-16-10-4-1-2-5-11(10)21-13/h1-2,4-5,9H,3,6-8H2,(H,14,20). The molecular weight excluding hydrogens is 288 g/mol. The second kappa shape index (κ2) is 6.40. The van der Waals surface area contributed by atoms with Gasteiger partial charge in [0.15, 0.2) is 0 Å². The molecule has 1 aromatic carbocycles. The molecule has 0 fully saturated rings. The van der Waals surface area contributed by atoms with Crippen LogP contribution in [0.2, 0.25) is 0 Å². The number of aryl methyl sites for hydroxylation is 1. The van der Waals surface area contributed by atoms with Gasteiger partial charge >= 0.3 is 0 Å². The molecule has 2 aromatic heterocycles. The number of carbonyl (C=O) groups excluding carboxylic acids is 1. The maximum Gasteiger partial charge on any atom is 0.241 e. The Morgan fingerprint density at radius 1 is 1.33 bits per heavy atom. The average Bonchev–Trinajstić information content (AvgIpc) is 3.12. The van der Waals surface area contributed by atoms with E-state index in [0.717, 1.165) is 23.4 Å². The minimum Gasteiger partial charge on any atom is -0.354 e. The summed E-state index contributed by atoms with van der Waals surface area (Å²) in [6, 6.07) is 8.10. The normalized spacial score (nSPS) is 10.9. The van der Waals surface area contributed by atoms with Crippen molar-refractivity contribution in [2.75, 3.05) is 6.54 Å². The summed E-state index contributed by atoms with van der Waals surface area (Å²) in [5.41, 5.74) is 1.04. The topological polar surface area (TPSA) is 85.6 Å². The van der Waals surface area contributed by atoms with Gasteiger partial charge in [-0.3, -0.25) is 4.79 Å². The van der Waals surface area contributed by atoms with Crippen molar-refractivity contribution < 1.29 is 4.79 Å². The van der Waals surface area contributed by atoms with E-state index in [-0.39, 0.29) is 12.5 Å². The maximum atomic E-state index is 11.6. The van der Waals surface area contributed by atoms with E-state index in [0.29, 0.717) is 6.54 Å². The first-order valence-corrected chi connectivity index (χ1v) is 7.45. The van der Waals surface area contributed by atoms with E-state index in [1.54, 1.807) is 11.3 Å². The van der Waals surface area contributed by atoms with Crippen LogP contribution in [0, 0.1) is 0 Å². The Bertz CT molecular complexity index is 690. The van der Waals surface area contributed by atoms with Crippen LogP contribution in [0.4, 0.5) is 0 Å². The van der Waals surface area contributed by atoms with E-state index < -0.39 is 0 Å². The highest BCUT2D eigenvalue weighted by Crippen LogP contribution is 2.22. The number of hydrogen-bond acceptors (Lipinski definition) is 6. The Labute approximate surface area is 125 Å². The number of hydrogen-bond donors (Lipinski definition) is 1. The third kappa shape index (κ3) is 3.60. The number of amides is 1. The van der Waals surface area contributed by atoms with Crippen LogP contribution in [-0.2, 0) is 17.8 Å². The summed E-state index contributed by atoms with van der Waals surface area (Å²) >= 11 is 1.71. The minimum absolute atomic E-state index is 0.0911. The average molecular weight is 302 g/mol. The number of carbonyl (C=O) groups is 1. The SMILES string of the molecule is O=C(Cn1cnnn1)NCCCc1nc2ccccc2s1. The van der Waals surface area contributed by atoms with E-state index in [1.807, 2.05) is 18.2 Å². The lowest BCUT2D eigenvalue weighted by atomic mass is 10.3. The lowest BCUT2D eigenvalue weighted by Crippen LogP contribution is -2.28. The molecule has 0 saturated carbocycles. The number of tetrazole rings is 1. The maximum absolute atomic E-state index is 11.6. The molecule has 108 valence electrons. The fourth-order valence-corrected chi connectivity index (χ4v) is 2.96. The summed E-state index contributed by atoms with van der Waals surface area (Å²) in [5.74, 6) is -0.0911. The summed E-state index contributed by atoms with van der Waals surface area (Å²) in [7, 11) is 0.